The van der Waals surface area contributed by atoms with Crippen molar-refractivity contribution < 1.29 is 17.2 Å². The lowest BCUT2D eigenvalue weighted by atomic mass is 10.3. The molecular weight excluding hydrogens is 288 g/mol. The molecule has 3 N–H and O–H groups in total. The van der Waals surface area contributed by atoms with Gasteiger partial charge in [0.05, 0.1) is 0 Å². The molecule has 0 saturated heterocycles. The Morgan fingerprint density at radius 1 is 1.15 bits per heavy atom. The van der Waals surface area contributed by atoms with Gasteiger partial charge in [-0.25, -0.2) is 13.8 Å². The highest BCUT2D eigenvalue weighted by Gasteiger charge is 2.20. The monoisotopic (exact) mass is 299 g/mol. The van der Waals surface area contributed by atoms with E-state index in [0.29, 0.717) is 5.56 Å². The molecule has 0 aliphatic carbocycles. The molecule has 0 bridgehead atoms. The van der Waals surface area contributed by atoms with Crippen molar-refractivity contribution in [2.75, 3.05) is 4.72 Å². The van der Waals surface area contributed by atoms with Crippen molar-refractivity contribution in [3.63, 3.8) is 0 Å². The molecule has 0 aliphatic heterocycles. The average molecular weight is 299 g/mol. The summed E-state index contributed by atoms with van der Waals surface area (Å²) in [4.78, 5) is 3.70. The van der Waals surface area contributed by atoms with E-state index in [4.69, 9.17) is 5.73 Å². The maximum Gasteiger partial charge on any atom is 0.279 e. The molecule has 0 atom stereocenters. The lowest BCUT2D eigenvalue weighted by Crippen LogP contribution is -2.16. The van der Waals surface area contributed by atoms with Gasteiger partial charge < -0.3 is 5.73 Å². The number of pyridine rings is 1. The molecule has 2 aromatic rings. The van der Waals surface area contributed by atoms with Gasteiger partial charge in [-0.15, -0.1) is 0 Å². The fraction of sp³-hybridized carbons (Fsp3) is 0.0833. The van der Waals surface area contributed by atoms with Crippen LogP contribution in [-0.2, 0) is 16.6 Å². The van der Waals surface area contributed by atoms with E-state index in [0.717, 1.165) is 18.2 Å². The average Bonchev–Trinajstić information content (AvgIpc) is 2.43. The minimum absolute atomic E-state index is 0.211. The molecule has 1 heterocycles. The van der Waals surface area contributed by atoms with E-state index in [2.05, 4.69) is 4.98 Å². The van der Waals surface area contributed by atoms with Crippen molar-refractivity contribution >= 4 is 15.7 Å². The molecule has 0 radical (unpaired) electrons. The zero-order chi connectivity index (χ0) is 14.8. The topological polar surface area (TPSA) is 85.1 Å². The van der Waals surface area contributed by atoms with E-state index in [1.807, 2.05) is 4.72 Å². The second-order valence-electron chi connectivity index (χ2n) is 3.91. The van der Waals surface area contributed by atoms with Gasteiger partial charge in [0.1, 0.15) is 17.3 Å². The molecule has 8 heteroatoms. The van der Waals surface area contributed by atoms with Crippen LogP contribution in [-0.4, -0.2) is 13.4 Å². The summed E-state index contributed by atoms with van der Waals surface area (Å²) >= 11 is 0. The van der Waals surface area contributed by atoms with Crippen molar-refractivity contribution in [1.29, 1.82) is 0 Å². The predicted octanol–water partition coefficient (Wildman–Crippen LogP) is 1.62. The van der Waals surface area contributed by atoms with E-state index in [-0.39, 0.29) is 11.6 Å². The summed E-state index contributed by atoms with van der Waals surface area (Å²) in [7, 11) is -4.17. The summed E-state index contributed by atoms with van der Waals surface area (Å²) in [5, 5.41) is -0.350. The van der Waals surface area contributed by atoms with Crippen LogP contribution < -0.4 is 10.5 Å². The first kappa shape index (κ1) is 14.4. The molecule has 2 rings (SSSR count). The van der Waals surface area contributed by atoms with Gasteiger partial charge in [0, 0.05) is 12.7 Å². The van der Waals surface area contributed by atoms with Crippen LogP contribution >= 0.6 is 0 Å². The number of hydrogen-bond acceptors (Lipinski definition) is 4. The number of nitrogens with two attached hydrogens (primary N) is 1. The van der Waals surface area contributed by atoms with E-state index in [9.17, 15) is 17.2 Å². The van der Waals surface area contributed by atoms with Crippen LogP contribution in [0.2, 0.25) is 0 Å². The van der Waals surface area contributed by atoms with Crippen LogP contribution in [0, 0.1) is 11.6 Å². The minimum atomic E-state index is -4.17. The van der Waals surface area contributed by atoms with Gasteiger partial charge in [-0.3, -0.25) is 4.72 Å². The Morgan fingerprint density at radius 2 is 1.80 bits per heavy atom. The lowest BCUT2D eigenvalue weighted by Gasteiger charge is -2.09. The van der Waals surface area contributed by atoms with Crippen LogP contribution in [0.15, 0.2) is 41.6 Å². The lowest BCUT2D eigenvalue weighted by molar-refractivity contribution is 0.581. The number of para-hydroxylation sites is 1. The Hall–Kier alpha value is -2.06. The Morgan fingerprint density at radius 3 is 2.30 bits per heavy atom. The first-order valence-corrected chi connectivity index (χ1v) is 7.04. The standard InChI is InChI=1S/C12H11F2N3O2S/c13-9-2-1-3-10(14)12(9)17-20(18,19)11-5-4-8(6-15)7-16-11/h1-5,7,17H,6,15H2. The molecule has 0 amide bonds. The smallest absolute Gasteiger partial charge is 0.279 e. The van der Waals surface area contributed by atoms with E-state index < -0.39 is 27.3 Å². The molecule has 1 aromatic carbocycles. The number of anilines is 1. The molecule has 20 heavy (non-hydrogen) atoms. The van der Waals surface area contributed by atoms with E-state index in [1.54, 1.807) is 0 Å². The molecule has 106 valence electrons. The van der Waals surface area contributed by atoms with Crippen molar-refractivity contribution in [3.8, 4) is 0 Å². The number of halogens is 2. The number of aromatic nitrogens is 1. The van der Waals surface area contributed by atoms with E-state index >= 15 is 0 Å². The quantitative estimate of drug-likeness (QED) is 0.898. The summed E-state index contributed by atoms with van der Waals surface area (Å²) in [6.07, 6.45) is 1.28. The van der Waals surface area contributed by atoms with Gasteiger partial charge in [0.25, 0.3) is 10.0 Å². The van der Waals surface area contributed by atoms with Gasteiger partial charge in [-0.2, -0.15) is 8.42 Å². The molecule has 0 aliphatic rings. The highest BCUT2D eigenvalue weighted by atomic mass is 32.2. The zero-order valence-electron chi connectivity index (χ0n) is 10.2. The Kier molecular flexibility index (Phi) is 3.96. The second kappa shape index (κ2) is 5.51. The maximum absolute atomic E-state index is 13.4. The first-order valence-electron chi connectivity index (χ1n) is 5.56. The van der Waals surface area contributed by atoms with E-state index in [1.165, 1.54) is 18.3 Å². The number of sulfonamides is 1. The number of nitrogens with one attached hydrogen (secondary N) is 1. The summed E-state index contributed by atoms with van der Waals surface area (Å²) in [5.41, 5.74) is 5.27. The number of nitrogens with zero attached hydrogens (tertiary/aromatic N) is 1. The number of hydrogen-bond donors (Lipinski definition) is 2. The molecule has 0 spiro atoms. The van der Waals surface area contributed by atoms with Crippen molar-refractivity contribution in [2.45, 2.75) is 11.6 Å². The Bertz CT molecular complexity index is 698. The summed E-state index contributed by atoms with van der Waals surface area (Å²) in [6.45, 7) is 0.211. The van der Waals surface area contributed by atoms with Gasteiger partial charge in [0.2, 0.25) is 0 Å². The highest BCUT2D eigenvalue weighted by Crippen LogP contribution is 2.21. The molecule has 0 unspecified atom stereocenters. The number of benzene rings is 1. The normalized spacial score (nSPS) is 11.3. The fourth-order valence-electron chi connectivity index (χ4n) is 1.47. The van der Waals surface area contributed by atoms with Crippen LogP contribution in [0.25, 0.3) is 0 Å². The third-order valence-corrected chi connectivity index (χ3v) is 3.77. The fourth-order valence-corrected chi connectivity index (χ4v) is 2.48. The largest absolute Gasteiger partial charge is 0.326 e. The highest BCUT2D eigenvalue weighted by molar-refractivity contribution is 7.92. The summed E-state index contributed by atoms with van der Waals surface area (Å²) < 4.78 is 52.6. The van der Waals surface area contributed by atoms with Gasteiger partial charge in [-0.05, 0) is 23.8 Å². The van der Waals surface area contributed by atoms with Crippen LogP contribution in [0.3, 0.4) is 0 Å². The summed E-state index contributed by atoms with van der Waals surface area (Å²) in [5.74, 6) is -2.01. The van der Waals surface area contributed by atoms with Gasteiger partial charge >= 0.3 is 0 Å². The molecule has 0 fully saturated rings. The SMILES string of the molecule is NCc1ccc(S(=O)(=O)Nc2c(F)cccc2F)nc1. The van der Waals surface area contributed by atoms with Crippen LogP contribution in [0.5, 0.6) is 0 Å². The second-order valence-corrected chi connectivity index (χ2v) is 5.54. The van der Waals surface area contributed by atoms with Gasteiger partial charge in [-0.1, -0.05) is 12.1 Å². The van der Waals surface area contributed by atoms with Crippen molar-refractivity contribution in [3.05, 3.63) is 53.7 Å². The Labute approximate surface area is 114 Å². The third-order valence-electron chi connectivity index (χ3n) is 2.51. The summed E-state index contributed by atoms with van der Waals surface area (Å²) in [6, 6.07) is 5.72. The van der Waals surface area contributed by atoms with Crippen molar-refractivity contribution in [1.82, 2.24) is 4.98 Å². The van der Waals surface area contributed by atoms with Crippen molar-refractivity contribution in [2.24, 2.45) is 5.73 Å². The third kappa shape index (κ3) is 2.91. The van der Waals surface area contributed by atoms with Crippen LogP contribution in [0.4, 0.5) is 14.5 Å². The molecular formula is C12H11F2N3O2S. The molecule has 0 saturated carbocycles. The van der Waals surface area contributed by atoms with Crippen LogP contribution in [0.1, 0.15) is 5.56 Å². The predicted molar refractivity (Wildman–Crippen MR) is 69.3 cm³/mol. The first-order chi connectivity index (χ1) is 9.44. The van der Waals surface area contributed by atoms with Gasteiger partial charge in [0.15, 0.2) is 5.03 Å². The molecule has 5 nitrogen and oxygen atoms in total. The minimum Gasteiger partial charge on any atom is -0.326 e. The Balaban J connectivity index is 2.35. The molecule has 1 aromatic heterocycles. The maximum atomic E-state index is 13.4. The zero-order valence-corrected chi connectivity index (χ0v) is 11.0. The number of rotatable bonds is 4.